The zero-order valence-corrected chi connectivity index (χ0v) is 5.78. The van der Waals surface area contributed by atoms with Gasteiger partial charge in [0.05, 0.1) is 6.20 Å². The number of nitrogens with zero attached hydrogens (tertiary/aromatic N) is 2. The molecule has 1 heterocycles. The van der Waals surface area contributed by atoms with Crippen LogP contribution >= 0.6 is 0 Å². The van der Waals surface area contributed by atoms with Crippen LogP contribution in [0.15, 0.2) is 30.6 Å². The molecular weight excluding hydrogens is 124 g/mol. The van der Waals surface area contributed by atoms with Gasteiger partial charge in [0.25, 0.3) is 0 Å². The molecule has 0 saturated heterocycles. The molecule has 0 atom stereocenters. The Morgan fingerprint density at radius 3 is 3.00 bits per heavy atom. The average Bonchev–Trinajstić information content (AvgIpc) is 2.33. The van der Waals surface area contributed by atoms with Crippen LogP contribution in [0.3, 0.4) is 0 Å². The van der Waals surface area contributed by atoms with Gasteiger partial charge >= 0.3 is 0 Å². The van der Waals surface area contributed by atoms with E-state index >= 15 is 0 Å². The van der Waals surface area contributed by atoms with Gasteiger partial charge in [-0.25, -0.2) is 0 Å². The summed E-state index contributed by atoms with van der Waals surface area (Å²) in [6.45, 7) is 0. The molecule has 2 rings (SSSR count). The second kappa shape index (κ2) is 1.84. The highest BCUT2D eigenvalue weighted by Gasteiger charge is 1.99. The third-order valence-electron chi connectivity index (χ3n) is 1.59. The van der Waals surface area contributed by atoms with Gasteiger partial charge in [-0.15, -0.1) is 0 Å². The zero-order chi connectivity index (χ0) is 6.97. The summed E-state index contributed by atoms with van der Waals surface area (Å²) >= 11 is 0. The van der Waals surface area contributed by atoms with Gasteiger partial charge in [0, 0.05) is 24.4 Å². The molecule has 0 spiro atoms. The topological polar surface area (TPSA) is 17.8 Å². The van der Waals surface area contributed by atoms with Gasteiger partial charge in [0.2, 0.25) is 0 Å². The van der Waals surface area contributed by atoms with E-state index in [4.69, 9.17) is 0 Å². The number of aromatic nitrogens is 2. The van der Waals surface area contributed by atoms with Crippen LogP contribution in [0.1, 0.15) is 0 Å². The van der Waals surface area contributed by atoms with Crippen LogP contribution in [0, 0.1) is 0 Å². The van der Waals surface area contributed by atoms with Crippen molar-refractivity contribution in [3.8, 4) is 11.1 Å². The van der Waals surface area contributed by atoms with E-state index in [1.807, 2.05) is 30.2 Å². The molecule has 2 aliphatic rings. The summed E-state index contributed by atoms with van der Waals surface area (Å²) in [6.07, 6.45) is 3.88. The van der Waals surface area contributed by atoms with E-state index in [0.29, 0.717) is 0 Å². The van der Waals surface area contributed by atoms with Crippen molar-refractivity contribution in [2.24, 2.45) is 7.05 Å². The summed E-state index contributed by atoms with van der Waals surface area (Å²) in [5.41, 5.74) is 2.45. The first kappa shape index (κ1) is 5.47. The number of rotatable bonds is 0. The molecule has 2 nitrogen and oxygen atoms in total. The van der Waals surface area contributed by atoms with Gasteiger partial charge in [-0.05, 0) is 0 Å². The summed E-state index contributed by atoms with van der Waals surface area (Å²) in [5, 5.41) is 4.10. The lowest BCUT2D eigenvalue weighted by Crippen LogP contribution is -1.95. The predicted molar refractivity (Wildman–Crippen MR) is 39.8 cm³/mol. The smallest absolute Gasteiger partial charge is 0.0553 e. The summed E-state index contributed by atoms with van der Waals surface area (Å²) < 4.78 is 1.81. The first-order chi connectivity index (χ1) is 4.86. The number of aryl methyl sites for hydroxylation is 1. The van der Waals surface area contributed by atoms with Gasteiger partial charge in [0.15, 0.2) is 0 Å². The molecule has 50 valence electrons. The highest BCUT2D eigenvalue weighted by Crippen LogP contribution is 2.19. The molecule has 1 aliphatic carbocycles. The van der Waals surface area contributed by atoms with E-state index in [2.05, 4.69) is 17.2 Å². The van der Waals surface area contributed by atoms with E-state index in [-0.39, 0.29) is 0 Å². The Kier molecular flexibility index (Phi) is 1.01. The lowest BCUT2D eigenvalue weighted by molar-refractivity contribution is 0.740. The van der Waals surface area contributed by atoms with Crippen LogP contribution in [-0.2, 0) is 7.05 Å². The maximum atomic E-state index is 4.10. The van der Waals surface area contributed by atoms with Crippen molar-refractivity contribution in [2.45, 2.75) is 0 Å². The molecule has 0 unspecified atom stereocenters. The van der Waals surface area contributed by atoms with Crippen molar-refractivity contribution in [1.82, 2.24) is 9.78 Å². The van der Waals surface area contributed by atoms with Crippen molar-refractivity contribution < 1.29 is 0 Å². The molecule has 0 amide bonds. The van der Waals surface area contributed by atoms with Crippen LogP contribution < -0.4 is 0 Å². The lowest BCUT2D eigenvalue weighted by Gasteiger charge is -1.99. The fraction of sp³-hybridized carbons (Fsp3) is 0.125. The molecule has 1 aliphatic heterocycles. The average molecular weight is 132 g/mol. The molecule has 0 fully saturated rings. The molecule has 0 aromatic rings. The quantitative estimate of drug-likeness (QED) is 0.531. The summed E-state index contributed by atoms with van der Waals surface area (Å²) in [4.78, 5) is 0. The molecule has 0 radical (unpaired) electrons. The van der Waals surface area contributed by atoms with Crippen LogP contribution in [0.5, 0.6) is 0 Å². The number of hydrogen-bond acceptors (Lipinski definition) is 1. The van der Waals surface area contributed by atoms with Crippen molar-refractivity contribution in [3.05, 3.63) is 30.6 Å². The maximum Gasteiger partial charge on any atom is 0.0553 e. The van der Waals surface area contributed by atoms with Crippen LogP contribution in [-0.4, -0.2) is 9.78 Å². The monoisotopic (exact) mass is 132 g/mol. The van der Waals surface area contributed by atoms with E-state index in [1.165, 1.54) is 11.1 Å². The van der Waals surface area contributed by atoms with Gasteiger partial charge in [-0.2, -0.15) is 5.10 Å². The van der Waals surface area contributed by atoms with Crippen LogP contribution in [0.25, 0.3) is 11.1 Å². The fourth-order valence-corrected chi connectivity index (χ4v) is 1.07. The molecule has 0 aromatic carbocycles. The Bertz CT molecular complexity index is 311. The van der Waals surface area contributed by atoms with Gasteiger partial charge in [0.1, 0.15) is 0 Å². The third kappa shape index (κ3) is 0.692. The number of fused-ring (bicyclic) bond motifs is 1. The van der Waals surface area contributed by atoms with E-state index < -0.39 is 0 Å². The summed E-state index contributed by atoms with van der Waals surface area (Å²) in [6, 6.07) is 6.17. The SMILES string of the molecule is Cn1cc2cccc-2cn1. The Balaban J connectivity index is 2.75. The summed E-state index contributed by atoms with van der Waals surface area (Å²) in [5.74, 6) is 0. The highest BCUT2D eigenvalue weighted by atomic mass is 15.2. The second-order valence-corrected chi connectivity index (χ2v) is 2.38. The zero-order valence-electron chi connectivity index (χ0n) is 5.78. The molecule has 10 heavy (non-hydrogen) atoms. The molecule has 0 aromatic heterocycles. The van der Waals surface area contributed by atoms with E-state index in [9.17, 15) is 0 Å². The van der Waals surface area contributed by atoms with Crippen LogP contribution in [0.4, 0.5) is 0 Å². The minimum Gasteiger partial charge on any atom is -0.275 e. The second-order valence-electron chi connectivity index (χ2n) is 2.38. The van der Waals surface area contributed by atoms with Crippen molar-refractivity contribution >= 4 is 0 Å². The first-order valence-electron chi connectivity index (χ1n) is 3.23. The minimum atomic E-state index is 1.21. The van der Waals surface area contributed by atoms with Gasteiger partial charge < -0.3 is 0 Å². The first-order valence-corrected chi connectivity index (χ1v) is 3.23. The normalized spacial score (nSPS) is 10.5. The standard InChI is InChI=1S/C8H8N2/c1-10-6-8-4-2-3-7(8)5-9-10/h2-6H,1H3. The van der Waals surface area contributed by atoms with Crippen LogP contribution in [0.2, 0.25) is 0 Å². The molecule has 0 saturated carbocycles. The Labute approximate surface area is 59.4 Å². The molecular formula is C8H8N2. The Morgan fingerprint density at radius 1 is 1.30 bits per heavy atom. The number of hydrogen-bond donors (Lipinski definition) is 0. The lowest BCUT2D eigenvalue weighted by atomic mass is 10.2. The largest absolute Gasteiger partial charge is 0.275 e. The van der Waals surface area contributed by atoms with E-state index in [0.717, 1.165) is 0 Å². The third-order valence-corrected chi connectivity index (χ3v) is 1.59. The Morgan fingerprint density at radius 2 is 2.10 bits per heavy atom. The molecule has 2 heteroatoms. The van der Waals surface area contributed by atoms with E-state index in [1.54, 1.807) is 0 Å². The highest BCUT2D eigenvalue weighted by molar-refractivity contribution is 5.63. The van der Waals surface area contributed by atoms with Gasteiger partial charge in [-0.3, -0.25) is 4.68 Å². The molecule has 0 N–H and O–H groups in total. The minimum absolute atomic E-state index is 1.21. The van der Waals surface area contributed by atoms with Crippen molar-refractivity contribution in [1.29, 1.82) is 0 Å². The predicted octanol–water partition coefficient (Wildman–Crippen LogP) is 1.52. The maximum absolute atomic E-state index is 4.10. The van der Waals surface area contributed by atoms with Crippen molar-refractivity contribution in [3.63, 3.8) is 0 Å². The Hall–Kier alpha value is -1.31. The summed E-state index contributed by atoms with van der Waals surface area (Å²) in [7, 11) is 1.92. The fourth-order valence-electron chi connectivity index (χ4n) is 1.07. The molecule has 0 bridgehead atoms. The van der Waals surface area contributed by atoms with Crippen molar-refractivity contribution in [2.75, 3.05) is 0 Å². The van der Waals surface area contributed by atoms with Gasteiger partial charge in [-0.1, -0.05) is 18.2 Å².